The number of ether oxygens (including phenoxy) is 1. The summed E-state index contributed by atoms with van der Waals surface area (Å²) >= 11 is 0. The molecule has 3 N–H and O–H groups in total. The molecule has 1 aliphatic heterocycles. The Hall–Kier alpha value is -1.10. The molecule has 5 heteroatoms. The lowest BCUT2D eigenvalue weighted by Gasteiger charge is -2.23. The molecule has 2 rings (SSSR count). The van der Waals surface area contributed by atoms with Gasteiger partial charge in [-0.3, -0.25) is 4.79 Å². The van der Waals surface area contributed by atoms with Gasteiger partial charge in [0.1, 0.15) is 6.04 Å². The minimum atomic E-state index is -0.606. The largest absolute Gasteiger partial charge is 0.378 e. The van der Waals surface area contributed by atoms with Crippen molar-refractivity contribution < 1.29 is 9.53 Å². The summed E-state index contributed by atoms with van der Waals surface area (Å²) in [5.41, 5.74) is 8.03. The van der Waals surface area contributed by atoms with Gasteiger partial charge in [-0.25, -0.2) is 0 Å². The van der Waals surface area contributed by atoms with E-state index in [0.717, 1.165) is 24.2 Å². The number of hydrogen-bond donors (Lipinski definition) is 2. The Bertz CT molecular complexity index is 476. The minimum absolute atomic E-state index is 0. The van der Waals surface area contributed by atoms with Gasteiger partial charge in [-0.05, 0) is 24.8 Å². The van der Waals surface area contributed by atoms with Gasteiger partial charge < -0.3 is 15.8 Å². The molecule has 1 aromatic carbocycles. The maximum Gasteiger partial charge on any atom is 0.241 e. The molecule has 0 aromatic heterocycles. The van der Waals surface area contributed by atoms with Crippen LogP contribution in [-0.4, -0.2) is 25.2 Å². The average molecular weight is 327 g/mol. The summed E-state index contributed by atoms with van der Waals surface area (Å²) in [6.07, 6.45) is 1.24. The van der Waals surface area contributed by atoms with Crippen LogP contribution in [0.4, 0.5) is 0 Å². The number of hydrogen-bond acceptors (Lipinski definition) is 3. The van der Waals surface area contributed by atoms with Crippen LogP contribution in [0.5, 0.6) is 0 Å². The lowest BCUT2D eigenvalue weighted by atomic mass is 9.93. The normalized spacial score (nSPS) is 22.2. The van der Waals surface area contributed by atoms with Crippen molar-refractivity contribution >= 4 is 18.3 Å². The maximum atomic E-state index is 12.2. The van der Waals surface area contributed by atoms with Crippen molar-refractivity contribution in [2.75, 3.05) is 13.2 Å². The number of carbonyl (C=O) groups excluding carboxylic acids is 1. The fraction of sp³-hybridized carbons (Fsp3) is 0.588. The molecule has 124 valence electrons. The highest BCUT2D eigenvalue weighted by atomic mass is 35.5. The molecule has 22 heavy (non-hydrogen) atoms. The molecule has 1 saturated heterocycles. The van der Waals surface area contributed by atoms with Crippen molar-refractivity contribution in [1.29, 1.82) is 0 Å². The van der Waals surface area contributed by atoms with Gasteiger partial charge in [0.15, 0.2) is 0 Å². The Balaban J connectivity index is 0.00000242. The summed E-state index contributed by atoms with van der Waals surface area (Å²) in [6, 6.07) is 7.17. The Labute approximate surface area is 139 Å². The smallest absolute Gasteiger partial charge is 0.241 e. The van der Waals surface area contributed by atoms with E-state index in [2.05, 4.69) is 19.2 Å². The summed E-state index contributed by atoms with van der Waals surface area (Å²) in [7, 11) is 0. The monoisotopic (exact) mass is 326 g/mol. The summed E-state index contributed by atoms with van der Waals surface area (Å²) < 4.78 is 5.74. The van der Waals surface area contributed by atoms with Gasteiger partial charge in [-0.2, -0.15) is 0 Å². The average Bonchev–Trinajstić information content (AvgIpc) is 2.93. The van der Waals surface area contributed by atoms with E-state index >= 15 is 0 Å². The van der Waals surface area contributed by atoms with Crippen molar-refractivity contribution in [3.63, 3.8) is 0 Å². The van der Waals surface area contributed by atoms with E-state index in [9.17, 15) is 4.79 Å². The van der Waals surface area contributed by atoms with Crippen LogP contribution in [0, 0.1) is 18.8 Å². The molecule has 3 unspecified atom stereocenters. The first kappa shape index (κ1) is 18.9. The van der Waals surface area contributed by atoms with E-state index in [1.165, 1.54) is 0 Å². The van der Waals surface area contributed by atoms with Gasteiger partial charge in [-0.15, -0.1) is 12.4 Å². The molecule has 1 heterocycles. The molecule has 0 spiro atoms. The predicted molar refractivity (Wildman–Crippen MR) is 91.1 cm³/mol. The van der Waals surface area contributed by atoms with Crippen LogP contribution < -0.4 is 11.1 Å². The number of benzene rings is 1. The van der Waals surface area contributed by atoms with Crippen LogP contribution in [0.15, 0.2) is 24.3 Å². The van der Waals surface area contributed by atoms with Gasteiger partial charge in [0.05, 0.1) is 6.10 Å². The highest BCUT2D eigenvalue weighted by Crippen LogP contribution is 2.26. The first-order chi connectivity index (χ1) is 9.99. The highest BCUT2D eigenvalue weighted by molar-refractivity contribution is 5.85. The van der Waals surface area contributed by atoms with Crippen molar-refractivity contribution in [2.45, 2.75) is 39.3 Å². The number of carbonyl (C=O) groups is 1. The van der Waals surface area contributed by atoms with Crippen molar-refractivity contribution in [2.24, 2.45) is 17.6 Å². The molecule has 0 bridgehead atoms. The van der Waals surface area contributed by atoms with E-state index < -0.39 is 6.04 Å². The molecule has 1 amide bonds. The number of aryl methyl sites for hydroxylation is 1. The lowest BCUT2D eigenvalue weighted by Crippen LogP contribution is -2.39. The van der Waals surface area contributed by atoms with E-state index in [1.54, 1.807) is 0 Å². The van der Waals surface area contributed by atoms with Crippen LogP contribution in [0.2, 0.25) is 0 Å². The molecule has 0 radical (unpaired) electrons. The van der Waals surface area contributed by atoms with Gasteiger partial charge in [-0.1, -0.05) is 43.7 Å². The summed E-state index contributed by atoms with van der Waals surface area (Å²) in [6.45, 7) is 7.75. The quantitative estimate of drug-likeness (QED) is 0.874. The zero-order chi connectivity index (χ0) is 15.4. The first-order valence-electron chi connectivity index (χ1n) is 7.70. The number of halogens is 1. The first-order valence-corrected chi connectivity index (χ1v) is 7.70. The van der Waals surface area contributed by atoms with Crippen molar-refractivity contribution in [3.05, 3.63) is 35.4 Å². The van der Waals surface area contributed by atoms with Crippen LogP contribution in [0.1, 0.15) is 37.4 Å². The number of rotatable bonds is 5. The van der Waals surface area contributed by atoms with Crippen LogP contribution >= 0.6 is 12.4 Å². The Morgan fingerprint density at radius 3 is 2.59 bits per heavy atom. The second kappa shape index (κ2) is 8.51. The molecular formula is C17H27ClN2O2. The third kappa shape index (κ3) is 4.70. The minimum Gasteiger partial charge on any atom is -0.378 e. The van der Waals surface area contributed by atoms with Crippen LogP contribution in [0.3, 0.4) is 0 Å². The van der Waals surface area contributed by atoms with Crippen LogP contribution in [-0.2, 0) is 9.53 Å². The van der Waals surface area contributed by atoms with Crippen LogP contribution in [0.25, 0.3) is 0 Å². The zero-order valence-electron chi connectivity index (χ0n) is 13.5. The van der Waals surface area contributed by atoms with Gasteiger partial charge >= 0.3 is 0 Å². The van der Waals surface area contributed by atoms with Crippen molar-refractivity contribution in [1.82, 2.24) is 5.32 Å². The number of nitrogens with two attached hydrogens (primary N) is 1. The van der Waals surface area contributed by atoms with E-state index in [-0.39, 0.29) is 24.4 Å². The Kier molecular flexibility index (Phi) is 7.33. The Morgan fingerprint density at radius 2 is 2.00 bits per heavy atom. The number of amides is 1. The molecule has 0 saturated carbocycles. The van der Waals surface area contributed by atoms with Gasteiger partial charge in [0.25, 0.3) is 0 Å². The third-order valence-electron chi connectivity index (χ3n) is 4.18. The molecule has 1 aromatic rings. The number of nitrogens with one attached hydrogen (secondary N) is 1. The summed E-state index contributed by atoms with van der Waals surface area (Å²) in [5, 5.41) is 2.98. The Morgan fingerprint density at radius 1 is 1.36 bits per heavy atom. The van der Waals surface area contributed by atoms with Gasteiger partial charge in [0.2, 0.25) is 5.91 Å². The standard InChI is InChI=1S/C17H26N2O2.ClH/c1-11(2)16-14(8-9-21-16)10-19-17(20)15(18)13-6-4-12(3)5-7-13;/h4-7,11,14-16H,8-10,18H2,1-3H3,(H,19,20);1H. The fourth-order valence-corrected chi connectivity index (χ4v) is 2.88. The second-order valence-corrected chi connectivity index (χ2v) is 6.26. The van der Waals surface area contributed by atoms with E-state index in [4.69, 9.17) is 10.5 Å². The third-order valence-corrected chi connectivity index (χ3v) is 4.18. The highest BCUT2D eigenvalue weighted by Gasteiger charge is 2.31. The van der Waals surface area contributed by atoms with E-state index in [0.29, 0.717) is 18.4 Å². The lowest BCUT2D eigenvalue weighted by molar-refractivity contribution is -0.122. The topological polar surface area (TPSA) is 64.4 Å². The molecular weight excluding hydrogens is 300 g/mol. The molecule has 4 nitrogen and oxygen atoms in total. The second-order valence-electron chi connectivity index (χ2n) is 6.26. The van der Waals surface area contributed by atoms with Gasteiger partial charge in [0, 0.05) is 19.1 Å². The van der Waals surface area contributed by atoms with E-state index in [1.807, 2.05) is 31.2 Å². The maximum absolute atomic E-state index is 12.2. The SMILES string of the molecule is Cc1ccc(C(N)C(=O)NCC2CCOC2C(C)C)cc1.Cl. The molecule has 1 aliphatic rings. The predicted octanol–water partition coefficient (Wildman–Crippen LogP) is 2.59. The summed E-state index contributed by atoms with van der Waals surface area (Å²) in [4.78, 5) is 12.2. The summed E-state index contributed by atoms with van der Waals surface area (Å²) in [5.74, 6) is 0.743. The molecule has 3 atom stereocenters. The fourth-order valence-electron chi connectivity index (χ4n) is 2.88. The molecule has 1 fully saturated rings. The van der Waals surface area contributed by atoms with Crippen molar-refractivity contribution in [3.8, 4) is 0 Å². The molecule has 0 aliphatic carbocycles. The zero-order valence-corrected chi connectivity index (χ0v) is 14.4.